The second kappa shape index (κ2) is 3.95. The van der Waals surface area contributed by atoms with E-state index in [2.05, 4.69) is 10.2 Å². The third-order valence-electron chi connectivity index (χ3n) is 1.34. The van der Waals surface area contributed by atoms with Crippen molar-refractivity contribution in [1.82, 2.24) is 10.2 Å². The van der Waals surface area contributed by atoms with Gasteiger partial charge in [0, 0.05) is 31.3 Å². The van der Waals surface area contributed by atoms with E-state index in [0.717, 1.165) is 19.5 Å². The molecule has 1 aliphatic heterocycles. The average molecular weight is 139 g/mol. The van der Waals surface area contributed by atoms with Gasteiger partial charge in [0.2, 0.25) is 0 Å². The van der Waals surface area contributed by atoms with Crippen LogP contribution in [-0.2, 0) is 0 Å². The van der Waals surface area contributed by atoms with Crippen LogP contribution in [0.2, 0.25) is 0 Å². The minimum Gasteiger partial charge on any atom is -0.365 e. The Morgan fingerprint density at radius 1 is 1.30 bits per heavy atom. The van der Waals surface area contributed by atoms with Crippen molar-refractivity contribution in [3.8, 4) is 0 Å². The Bertz CT molecular complexity index is 128. The van der Waals surface area contributed by atoms with Gasteiger partial charge in [0.1, 0.15) is 0 Å². The number of hydrogen-bond acceptors (Lipinski definition) is 3. The van der Waals surface area contributed by atoms with Gasteiger partial charge in [0.15, 0.2) is 0 Å². The zero-order valence-corrected chi connectivity index (χ0v) is 5.96. The molecule has 1 aliphatic rings. The third-order valence-corrected chi connectivity index (χ3v) is 1.34. The predicted octanol–water partition coefficient (Wildman–Crippen LogP) is 0.183. The molecule has 0 saturated heterocycles. The van der Waals surface area contributed by atoms with Crippen molar-refractivity contribution in [3.05, 3.63) is 24.8 Å². The summed E-state index contributed by atoms with van der Waals surface area (Å²) in [5.74, 6) is 0. The number of nitrogens with one attached hydrogen (secondary N) is 1. The first-order chi connectivity index (χ1) is 4.93. The number of nitrogens with two attached hydrogens (primary N) is 1. The summed E-state index contributed by atoms with van der Waals surface area (Å²) >= 11 is 0. The molecular formula is C7H13N3. The average Bonchev–Trinajstić information content (AvgIpc) is 2.03. The summed E-state index contributed by atoms with van der Waals surface area (Å²) in [5.41, 5.74) is 5.36. The largest absolute Gasteiger partial charge is 0.365 e. The standard InChI is InChI=1S/C7H13N3/c8-2-1-5-10-6-3-9-4-7-10/h3-4,6-7,9H,1-2,5,8H2. The summed E-state index contributed by atoms with van der Waals surface area (Å²) in [6, 6.07) is 0. The van der Waals surface area contributed by atoms with Crippen molar-refractivity contribution in [2.75, 3.05) is 13.1 Å². The maximum Gasteiger partial charge on any atom is 0.0232 e. The fourth-order valence-electron chi connectivity index (χ4n) is 0.806. The quantitative estimate of drug-likeness (QED) is 0.586. The highest BCUT2D eigenvalue weighted by molar-refractivity contribution is 4.98. The van der Waals surface area contributed by atoms with Crippen LogP contribution in [0.1, 0.15) is 6.42 Å². The van der Waals surface area contributed by atoms with Crippen molar-refractivity contribution >= 4 is 0 Å². The highest BCUT2D eigenvalue weighted by Crippen LogP contribution is 1.95. The fraction of sp³-hybridized carbons (Fsp3) is 0.429. The fourth-order valence-corrected chi connectivity index (χ4v) is 0.806. The van der Waals surface area contributed by atoms with E-state index in [1.165, 1.54) is 0 Å². The summed E-state index contributed by atoms with van der Waals surface area (Å²) in [5, 5.41) is 2.96. The zero-order chi connectivity index (χ0) is 7.23. The molecule has 0 fully saturated rings. The van der Waals surface area contributed by atoms with Gasteiger partial charge < -0.3 is 16.0 Å². The van der Waals surface area contributed by atoms with Crippen LogP contribution in [-0.4, -0.2) is 18.0 Å². The highest BCUT2D eigenvalue weighted by Gasteiger charge is 1.94. The van der Waals surface area contributed by atoms with E-state index in [9.17, 15) is 0 Å². The van der Waals surface area contributed by atoms with E-state index in [1.807, 2.05) is 24.8 Å². The molecular weight excluding hydrogens is 126 g/mol. The first-order valence-electron chi connectivity index (χ1n) is 3.48. The molecule has 0 aliphatic carbocycles. The molecule has 0 aromatic heterocycles. The first kappa shape index (κ1) is 7.15. The summed E-state index contributed by atoms with van der Waals surface area (Å²) in [6.45, 7) is 1.76. The van der Waals surface area contributed by atoms with Crippen LogP contribution in [0.15, 0.2) is 24.8 Å². The van der Waals surface area contributed by atoms with Gasteiger partial charge in [-0.05, 0) is 13.0 Å². The first-order valence-corrected chi connectivity index (χ1v) is 3.48. The lowest BCUT2D eigenvalue weighted by Gasteiger charge is -2.17. The Morgan fingerprint density at radius 2 is 2.00 bits per heavy atom. The number of nitrogens with zero attached hydrogens (tertiary/aromatic N) is 1. The Hall–Kier alpha value is -0.960. The van der Waals surface area contributed by atoms with Gasteiger partial charge >= 0.3 is 0 Å². The summed E-state index contributed by atoms with van der Waals surface area (Å²) in [7, 11) is 0. The van der Waals surface area contributed by atoms with Crippen molar-refractivity contribution in [2.45, 2.75) is 6.42 Å². The molecule has 3 heteroatoms. The smallest absolute Gasteiger partial charge is 0.0232 e. The lowest BCUT2D eigenvalue weighted by molar-refractivity contribution is 0.482. The molecule has 10 heavy (non-hydrogen) atoms. The van der Waals surface area contributed by atoms with E-state index in [4.69, 9.17) is 5.73 Å². The Labute approximate surface area is 61.2 Å². The molecule has 3 N–H and O–H groups in total. The van der Waals surface area contributed by atoms with Gasteiger partial charge in [0.05, 0.1) is 0 Å². The molecule has 0 unspecified atom stereocenters. The van der Waals surface area contributed by atoms with E-state index < -0.39 is 0 Å². The van der Waals surface area contributed by atoms with Crippen LogP contribution in [0.5, 0.6) is 0 Å². The Kier molecular flexibility index (Phi) is 2.83. The van der Waals surface area contributed by atoms with E-state index >= 15 is 0 Å². The van der Waals surface area contributed by atoms with Crippen LogP contribution in [0.25, 0.3) is 0 Å². The molecule has 0 atom stereocenters. The highest BCUT2D eigenvalue weighted by atomic mass is 15.1. The van der Waals surface area contributed by atoms with Crippen LogP contribution >= 0.6 is 0 Å². The van der Waals surface area contributed by atoms with Crippen LogP contribution in [0.3, 0.4) is 0 Å². The summed E-state index contributed by atoms with van der Waals surface area (Å²) in [4.78, 5) is 2.10. The van der Waals surface area contributed by atoms with E-state index in [0.29, 0.717) is 0 Å². The van der Waals surface area contributed by atoms with Gasteiger partial charge in [-0.25, -0.2) is 0 Å². The summed E-state index contributed by atoms with van der Waals surface area (Å²) in [6.07, 6.45) is 8.83. The second-order valence-corrected chi connectivity index (χ2v) is 2.18. The molecule has 0 saturated carbocycles. The van der Waals surface area contributed by atoms with E-state index in [1.54, 1.807) is 0 Å². The maximum atomic E-state index is 5.36. The summed E-state index contributed by atoms with van der Waals surface area (Å²) < 4.78 is 0. The predicted molar refractivity (Wildman–Crippen MR) is 41.8 cm³/mol. The minimum atomic E-state index is 0.756. The molecule has 0 spiro atoms. The lowest BCUT2D eigenvalue weighted by atomic mass is 10.4. The molecule has 1 rings (SSSR count). The van der Waals surface area contributed by atoms with Crippen LogP contribution < -0.4 is 11.1 Å². The molecule has 0 aromatic rings. The van der Waals surface area contributed by atoms with Gasteiger partial charge in [-0.1, -0.05) is 0 Å². The van der Waals surface area contributed by atoms with Crippen molar-refractivity contribution in [3.63, 3.8) is 0 Å². The molecule has 56 valence electrons. The van der Waals surface area contributed by atoms with Crippen LogP contribution in [0, 0.1) is 0 Å². The second-order valence-electron chi connectivity index (χ2n) is 2.18. The normalized spacial score (nSPS) is 15.5. The molecule has 0 radical (unpaired) electrons. The number of rotatable bonds is 3. The molecule has 1 heterocycles. The monoisotopic (exact) mass is 139 g/mol. The molecule has 3 nitrogen and oxygen atoms in total. The minimum absolute atomic E-state index is 0.756. The lowest BCUT2D eigenvalue weighted by Crippen LogP contribution is -2.18. The SMILES string of the molecule is NCCCN1C=CNC=C1. The zero-order valence-electron chi connectivity index (χ0n) is 5.96. The van der Waals surface area contributed by atoms with Crippen molar-refractivity contribution < 1.29 is 0 Å². The van der Waals surface area contributed by atoms with Crippen molar-refractivity contribution in [1.29, 1.82) is 0 Å². The Morgan fingerprint density at radius 3 is 2.60 bits per heavy atom. The Balaban J connectivity index is 2.20. The van der Waals surface area contributed by atoms with Gasteiger partial charge in [-0.15, -0.1) is 0 Å². The molecule has 0 amide bonds. The van der Waals surface area contributed by atoms with E-state index in [-0.39, 0.29) is 0 Å². The van der Waals surface area contributed by atoms with Crippen LogP contribution in [0.4, 0.5) is 0 Å². The topological polar surface area (TPSA) is 41.3 Å². The maximum absolute atomic E-state index is 5.36. The van der Waals surface area contributed by atoms with Gasteiger partial charge in [-0.2, -0.15) is 0 Å². The van der Waals surface area contributed by atoms with Gasteiger partial charge in [-0.3, -0.25) is 0 Å². The molecule has 0 bridgehead atoms. The van der Waals surface area contributed by atoms with Crippen molar-refractivity contribution in [2.24, 2.45) is 5.73 Å². The third kappa shape index (κ3) is 2.11. The number of hydrogen-bond donors (Lipinski definition) is 2. The van der Waals surface area contributed by atoms with Gasteiger partial charge in [0.25, 0.3) is 0 Å². The molecule has 0 aromatic carbocycles.